The summed E-state index contributed by atoms with van der Waals surface area (Å²) in [7, 11) is 0. The molecule has 0 N–H and O–H groups in total. The number of unbranched alkanes of at least 4 members (excludes halogenated alkanes) is 2. The molecule has 0 fully saturated rings. The quantitative estimate of drug-likeness (QED) is 0.199. The average molecular weight is 420 g/mol. The Morgan fingerprint density at radius 3 is 2.16 bits per heavy atom. The highest BCUT2D eigenvalue weighted by atomic mass is 19.2. The molecule has 0 saturated heterocycles. The van der Waals surface area contributed by atoms with Crippen LogP contribution in [-0.2, 0) is 0 Å². The minimum atomic E-state index is -1.20. The molecule has 0 atom stereocenters. The molecule has 0 spiro atoms. The van der Waals surface area contributed by atoms with Gasteiger partial charge in [-0.05, 0) is 67.1 Å². The summed E-state index contributed by atoms with van der Waals surface area (Å²) in [6.07, 6.45) is 3.35. The Morgan fingerprint density at radius 2 is 1.52 bits per heavy atom. The van der Waals surface area contributed by atoms with Crippen LogP contribution in [0.2, 0.25) is 0 Å². The van der Waals surface area contributed by atoms with Gasteiger partial charge >= 0.3 is 5.97 Å². The summed E-state index contributed by atoms with van der Waals surface area (Å²) >= 11 is 0. The minimum absolute atomic E-state index is 0.207. The highest BCUT2D eigenvalue weighted by molar-refractivity contribution is 5.91. The fourth-order valence-electron chi connectivity index (χ4n) is 2.73. The van der Waals surface area contributed by atoms with Crippen molar-refractivity contribution in [1.29, 1.82) is 0 Å². The van der Waals surface area contributed by atoms with E-state index in [1.54, 1.807) is 12.1 Å². The second-order valence-corrected chi connectivity index (χ2v) is 6.85. The zero-order valence-electron chi connectivity index (χ0n) is 17.2. The molecular formula is C26H22F2O3. The van der Waals surface area contributed by atoms with Crippen LogP contribution in [0.3, 0.4) is 0 Å². The molecule has 3 aromatic rings. The van der Waals surface area contributed by atoms with E-state index in [4.69, 9.17) is 9.47 Å². The van der Waals surface area contributed by atoms with Crippen LogP contribution in [0.1, 0.15) is 47.7 Å². The number of rotatable bonds is 7. The van der Waals surface area contributed by atoms with Crippen molar-refractivity contribution in [2.45, 2.75) is 26.2 Å². The average Bonchev–Trinajstić information content (AvgIpc) is 2.79. The lowest BCUT2D eigenvalue weighted by Crippen LogP contribution is -2.09. The topological polar surface area (TPSA) is 35.5 Å². The van der Waals surface area contributed by atoms with E-state index < -0.39 is 23.4 Å². The van der Waals surface area contributed by atoms with Gasteiger partial charge in [-0.25, -0.2) is 9.18 Å². The van der Waals surface area contributed by atoms with Gasteiger partial charge < -0.3 is 9.47 Å². The van der Waals surface area contributed by atoms with Crippen molar-refractivity contribution in [3.05, 3.63) is 95.1 Å². The van der Waals surface area contributed by atoms with Gasteiger partial charge in [0.2, 0.25) is 5.82 Å². The Bertz CT molecular complexity index is 1080. The van der Waals surface area contributed by atoms with Crippen LogP contribution in [0.15, 0.2) is 66.7 Å². The first-order valence-corrected chi connectivity index (χ1v) is 10.1. The van der Waals surface area contributed by atoms with Gasteiger partial charge in [-0.15, -0.1) is 0 Å². The largest absolute Gasteiger partial charge is 0.494 e. The first-order valence-electron chi connectivity index (χ1n) is 10.1. The van der Waals surface area contributed by atoms with Crippen molar-refractivity contribution < 1.29 is 23.0 Å². The van der Waals surface area contributed by atoms with Crippen molar-refractivity contribution in [2.75, 3.05) is 6.61 Å². The van der Waals surface area contributed by atoms with Gasteiger partial charge in [-0.1, -0.05) is 37.7 Å². The van der Waals surface area contributed by atoms with Gasteiger partial charge in [-0.3, -0.25) is 0 Å². The number of hydrogen-bond acceptors (Lipinski definition) is 3. The summed E-state index contributed by atoms with van der Waals surface area (Å²) in [6.45, 7) is 2.86. The van der Waals surface area contributed by atoms with Crippen LogP contribution in [0.5, 0.6) is 11.5 Å². The first kappa shape index (κ1) is 22.0. The van der Waals surface area contributed by atoms with Crippen LogP contribution in [0, 0.1) is 23.5 Å². The Balaban J connectivity index is 1.59. The third kappa shape index (κ3) is 6.42. The van der Waals surface area contributed by atoms with E-state index in [1.807, 2.05) is 24.3 Å². The number of carbonyl (C=O) groups excluding carboxylic acids is 1. The van der Waals surface area contributed by atoms with Crippen molar-refractivity contribution in [3.63, 3.8) is 0 Å². The molecule has 3 aromatic carbocycles. The van der Waals surface area contributed by atoms with E-state index >= 15 is 0 Å². The third-order valence-electron chi connectivity index (χ3n) is 4.46. The molecule has 0 aliphatic heterocycles. The molecular weight excluding hydrogens is 398 g/mol. The van der Waals surface area contributed by atoms with Gasteiger partial charge in [-0.2, -0.15) is 4.39 Å². The van der Waals surface area contributed by atoms with Gasteiger partial charge in [0.05, 0.1) is 12.2 Å². The van der Waals surface area contributed by atoms with E-state index in [2.05, 4.69) is 18.8 Å². The molecule has 0 unspecified atom stereocenters. The van der Waals surface area contributed by atoms with Crippen molar-refractivity contribution >= 4 is 5.97 Å². The summed E-state index contributed by atoms with van der Waals surface area (Å²) in [5.41, 5.74) is 1.75. The lowest BCUT2D eigenvalue weighted by molar-refractivity contribution is 0.0726. The van der Waals surface area contributed by atoms with E-state index in [0.717, 1.165) is 36.6 Å². The van der Waals surface area contributed by atoms with Crippen molar-refractivity contribution in [3.8, 4) is 23.3 Å². The molecule has 0 amide bonds. The summed E-state index contributed by atoms with van der Waals surface area (Å²) in [6, 6.07) is 17.3. The summed E-state index contributed by atoms with van der Waals surface area (Å²) < 4.78 is 37.5. The molecule has 5 heteroatoms. The third-order valence-corrected chi connectivity index (χ3v) is 4.46. The van der Waals surface area contributed by atoms with Crippen LogP contribution < -0.4 is 9.47 Å². The first-order chi connectivity index (χ1) is 15.1. The fourth-order valence-corrected chi connectivity index (χ4v) is 2.73. The Morgan fingerprint density at radius 1 is 0.871 bits per heavy atom. The van der Waals surface area contributed by atoms with Crippen LogP contribution >= 0.6 is 0 Å². The zero-order valence-corrected chi connectivity index (χ0v) is 17.2. The molecule has 3 nitrogen and oxygen atoms in total. The lowest BCUT2D eigenvalue weighted by atomic mass is 10.1. The SMILES string of the molecule is CCCCCOc1ccc(C#Cc2ccc(C(=O)Oc3cccc(F)c3F)cc2)cc1. The Kier molecular flexibility index (Phi) is 7.78. The second kappa shape index (κ2) is 10.9. The summed E-state index contributed by atoms with van der Waals surface area (Å²) in [4.78, 5) is 12.2. The van der Waals surface area contributed by atoms with Gasteiger partial charge in [0.15, 0.2) is 11.6 Å². The smallest absolute Gasteiger partial charge is 0.343 e. The number of ether oxygens (including phenoxy) is 2. The maximum absolute atomic E-state index is 13.6. The molecule has 0 heterocycles. The monoisotopic (exact) mass is 420 g/mol. The summed E-state index contributed by atoms with van der Waals surface area (Å²) in [5.74, 6) is 3.39. The van der Waals surface area contributed by atoms with Gasteiger partial charge in [0.1, 0.15) is 5.75 Å². The molecule has 158 valence electrons. The van der Waals surface area contributed by atoms with Crippen LogP contribution in [-0.4, -0.2) is 12.6 Å². The van der Waals surface area contributed by atoms with Gasteiger partial charge in [0, 0.05) is 11.1 Å². The molecule has 0 aliphatic rings. The van der Waals surface area contributed by atoms with E-state index in [9.17, 15) is 13.6 Å². The van der Waals surface area contributed by atoms with Crippen molar-refractivity contribution in [2.24, 2.45) is 0 Å². The van der Waals surface area contributed by atoms with E-state index in [-0.39, 0.29) is 5.56 Å². The fraction of sp³-hybridized carbons (Fsp3) is 0.192. The van der Waals surface area contributed by atoms with E-state index in [1.165, 1.54) is 24.3 Å². The zero-order chi connectivity index (χ0) is 22.1. The molecule has 3 rings (SSSR count). The number of hydrogen-bond donors (Lipinski definition) is 0. The summed E-state index contributed by atoms with van der Waals surface area (Å²) in [5, 5.41) is 0. The number of halogens is 2. The molecule has 0 radical (unpaired) electrons. The molecule has 0 aliphatic carbocycles. The highest BCUT2D eigenvalue weighted by Crippen LogP contribution is 2.20. The Hall–Kier alpha value is -3.65. The number of benzene rings is 3. The number of esters is 1. The molecule has 31 heavy (non-hydrogen) atoms. The number of carbonyl (C=O) groups is 1. The van der Waals surface area contributed by atoms with Crippen LogP contribution in [0.4, 0.5) is 8.78 Å². The van der Waals surface area contributed by atoms with E-state index in [0.29, 0.717) is 12.2 Å². The normalized spacial score (nSPS) is 10.2. The Labute approximate surface area is 180 Å². The minimum Gasteiger partial charge on any atom is -0.494 e. The maximum atomic E-state index is 13.6. The lowest BCUT2D eigenvalue weighted by Gasteiger charge is -2.06. The van der Waals surface area contributed by atoms with Crippen molar-refractivity contribution in [1.82, 2.24) is 0 Å². The standard InChI is InChI=1S/C26H22F2O3/c1-2-3-4-18-30-22-16-12-20(13-17-22)9-8-19-10-14-21(15-11-19)26(29)31-24-7-5-6-23(27)25(24)28/h5-7,10-17H,2-4,18H2,1H3. The molecule has 0 aromatic heterocycles. The molecule has 0 saturated carbocycles. The molecule has 0 bridgehead atoms. The van der Waals surface area contributed by atoms with Gasteiger partial charge in [0.25, 0.3) is 0 Å². The maximum Gasteiger partial charge on any atom is 0.343 e. The van der Waals surface area contributed by atoms with Crippen LogP contribution in [0.25, 0.3) is 0 Å². The highest BCUT2D eigenvalue weighted by Gasteiger charge is 2.14. The predicted octanol–water partition coefficient (Wildman–Crippen LogP) is 6.15. The predicted molar refractivity (Wildman–Crippen MR) is 115 cm³/mol. The second-order valence-electron chi connectivity index (χ2n) is 6.85.